The van der Waals surface area contributed by atoms with Gasteiger partial charge in [-0.25, -0.2) is 0 Å². The Kier molecular flexibility index (Phi) is 4.06. The van der Waals surface area contributed by atoms with Gasteiger partial charge >= 0.3 is 0 Å². The predicted octanol–water partition coefficient (Wildman–Crippen LogP) is 2.45. The molecule has 110 valence electrons. The molecular weight excluding hydrogens is 276 g/mol. The van der Waals surface area contributed by atoms with Gasteiger partial charge in [-0.15, -0.1) is 0 Å². The lowest BCUT2D eigenvalue weighted by Gasteiger charge is -2.21. The summed E-state index contributed by atoms with van der Waals surface area (Å²) >= 11 is 6.37. The van der Waals surface area contributed by atoms with E-state index in [0.717, 1.165) is 31.7 Å². The molecule has 1 saturated heterocycles. The van der Waals surface area contributed by atoms with Crippen molar-refractivity contribution in [2.45, 2.75) is 18.9 Å². The van der Waals surface area contributed by atoms with Crippen molar-refractivity contribution in [1.82, 2.24) is 4.90 Å². The number of fused-ring (bicyclic) bond motifs is 1. The maximum absolute atomic E-state index is 6.37. The van der Waals surface area contributed by atoms with E-state index in [4.69, 9.17) is 26.8 Å². The number of nitrogens with zero attached hydrogens (tertiary/aromatic N) is 1. The van der Waals surface area contributed by atoms with Crippen LogP contribution in [0.1, 0.15) is 24.4 Å². The molecule has 0 bridgehead atoms. The second-order valence-electron chi connectivity index (χ2n) is 5.67. The number of halogens is 1. The van der Waals surface area contributed by atoms with Gasteiger partial charge in [0.25, 0.3) is 0 Å². The van der Waals surface area contributed by atoms with Gasteiger partial charge in [0.05, 0.1) is 18.2 Å². The summed E-state index contributed by atoms with van der Waals surface area (Å²) in [4.78, 5) is 2.34. The van der Waals surface area contributed by atoms with Gasteiger partial charge < -0.3 is 15.2 Å². The highest BCUT2D eigenvalue weighted by Gasteiger charge is 2.31. The number of benzene rings is 1. The fourth-order valence-corrected chi connectivity index (χ4v) is 3.38. The van der Waals surface area contributed by atoms with E-state index in [2.05, 4.69) is 18.0 Å². The fraction of sp³-hybridized carbons (Fsp3) is 0.600. The average molecular weight is 297 g/mol. The van der Waals surface area contributed by atoms with Crippen LogP contribution in [-0.4, -0.2) is 38.3 Å². The monoisotopic (exact) mass is 296 g/mol. The summed E-state index contributed by atoms with van der Waals surface area (Å²) < 4.78 is 11.4. The van der Waals surface area contributed by atoms with Crippen LogP contribution in [-0.2, 0) is 0 Å². The van der Waals surface area contributed by atoms with Gasteiger partial charge in [0.15, 0.2) is 11.5 Å². The van der Waals surface area contributed by atoms with Gasteiger partial charge in [0.2, 0.25) is 0 Å². The molecule has 2 aliphatic rings. The molecule has 0 spiro atoms. The van der Waals surface area contributed by atoms with Crippen LogP contribution in [0.25, 0.3) is 0 Å². The summed E-state index contributed by atoms with van der Waals surface area (Å²) in [6.07, 6.45) is 1.96. The zero-order valence-corrected chi connectivity index (χ0v) is 12.5. The smallest absolute Gasteiger partial charge is 0.179 e. The van der Waals surface area contributed by atoms with E-state index in [9.17, 15) is 0 Å². The molecule has 2 atom stereocenters. The first-order valence-electron chi connectivity index (χ1n) is 7.18. The largest absolute Gasteiger partial charge is 0.489 e. The molecule has 2 heterocycles. The number of likely N-dealkylation sites (tertiary alicyclic amines) is 1. The zero-order chi connectivity index (χ0) is 14.1. The summed E-state index contributed by atoms with van der Waals surface area (Å²) in [7, 11) is 2.14. The van der Waals surface area contributed by atoms with E-state index in [0.29, 0.717) is 35.9 Å². The van der Waals surface area contributed by atoms with Crippen LogP contribution in [0.3, 0.4) is 0 Å². The molecule has 3 rings (SSSR count). The fourth-order valence-electron chi connectivity index (χ4n) is 3.11. The van der Waals surface area contributed by atoms with Crippen molar-refractivity contribution in [3.05, 3.63) is 22.7 Å². The van der Waals surface area contributed by atoms with Crippen molar-refractivity contribution in [3.63, 3.8) is 0 Å². The minimum atomic E-state index is 0.359. The standard InChI is InChI=1S/C15H21ClN2O2/c1-18-9-10(8-17)5-13(18)11-6-12(16)15-14(7-11)19-3-2-4-20-15/h6-7,10,13H,2-5,8-9,17H2,1H3. The number of hydrogen-bond donors (Lipinski definition) is 1. The van der Waals surface area contributed by atoms with Gasteiger partial charge in [0, 0.05) is 19.0 Å². The average Bonchev–Trinajstić information content (AvgIpc) is 2.66. The Balaban J connectivity index is 1.91. The molecule has 2 unspecified atom stereocenters. The SMILES string of the molecule is CN1CC(CN)CC1c1cc(Cl)c2c(c1)OCCCO2. The zero-order valence-electron chi connectivity index (χ0n) is 11.8. The predicted molar refractivity (Wildman–Crippen MR) is 79.6 cm³/mol. The molecule has 1 fully saturated rings. The maximum atomic E-state index is 6.37. The lowest BCUT2D eigenvalue weighted by Crippen LogP contribution is -2.20. The van der Waals surface area contributed by atoms with E-state index in [1.165, 1.54) is 5.56 Å². The number of hydrogen-bond acceptors (Lipinski definition) is 4. The third kappa shape index (κ3) is 2.60. The molecule has 2 aliphatic heterocycles. The van der Waals surface area contributed by atoms with Crippen molar-refractivity contribution in [2.75, 3.05) is 33.4 Å². The molecular formula is C15H21ClN2O2. The van der Waals surface area contributed by atoms with Gasteiger partial charge in [0.1, 0.15) is 0 Å². The molecule has 1 aromatic carbocycles. The van der Waals surface area contributed by atoms with Crippen LogP contribution < -0.4 is 15.2 Å². The molecule has 4 nitrogen and oxygen atoms in total. The minimum Gasteiger partial charge on any atom is -0.489 e. The lowest BCUT2D eigenvalue weighted by atomic mass is 9.99. The number of ether oxygens (including phenoxy) is 2. The van der Waals surface area contributed by atoms with Crippen LogP contribution in [0.2, 0.25) is 5.02 Å². The molecule has 0 amide bonds. The third-order valence-electron chi connectivity index (χ3n) is 4.18. The molecule has 1 aromatic rings. The second kappa shape index (κ2) is 5.80. The summed E-state index contributed by atoms with van der Waals surface area (Å²) in [6.45, 7) is 3.11. The highest BCUT2D eigenvalue weighted by molar-refractivity contribution is 6.32. The van der Waals surface area contributed by atoms with E-state index >= 15 is 0 Å². The van der Waals surface area contributed by atoms with E-state index < -0.39 is 0 Å². The Morgan fingerprint density at radius 1 is 1.35 bits per heavy atom. The molecule has 2 N–H and O–H groups in total. The Hall–Kier alpha value is -0.970. The molecule has 0 saturated carbocycles. The van der Waals surface area contributed by atoms with E-state index in [1.807, 2.05) is 6.07 Å². The van der Waals surface area contributed by atoms with Crippen LogP contribution >= 0.6 is 11.6 Å². The topological polar surface area (TPSA) is 47.7 Å². The highest BCUT2D eigenvalue weighted by Crippen LogP contribution is 2.42. The molecule has 5 heteroatoms. The first kappa shape index (κ1) is 14.0. The highest BCUT2D eigenvalue weighted by atomic mass is 35.5. The lowest BCUT2D eigenvalue weighted by molar-refractivity contribution is 0.296. The van der Waals surface area contributed by atoms with Crippen LogP contribution in [0, 0.1) is 5.92 Å². The maximum Gasteiger partial charge on any atom is 0.179 e. The number of nitrogens with two attached hydrogens (primary N) is 1. The molecule has 20 heavy (non-hydrogen) atoms. The third-order valence-corrected chi connectivity index (χ3v) is 4.46. The van der Waals surface area contributed by atoms with Crippen molar-refractivity contribution < 1.29 is 9.47 Å². The minimum absolute atomic E-state index is 0.359. The number of rotatable bonds is 2. The van der Waals surface area contributed by atoms with Gasteiger partial charge in [-0.1, -0.05) is 11.6 Å². The van der Waals surface area contributed by atoms with Crippen LogP contribution in [0.15, 0.2) is 12.1 Å². The molecule has 0 aromatic heterocycles. The summed E-state index contributed by atoms with van der Waals surface area (Å²) in [5.74, 6) is 2.01. The van der Waals surface area contributed by atoms with Crippen LogP contribution in [0.5, 0.6) is 11.5 Å². The van der Waals surface area contributed by atoms with Crippen molar-refractivity contribution in [1.29, 1.82) is 0 Å². The summed E-state index contributed by atoms with van der Waals surface area (Å²) in [6, 6.07) is 4.44. The Morgan fingerprint density at radius 3 is 2.90 bits per heavy atom. The quantitative estimate of drug-likeness (QED) is 0.911. The van der Waals surface area contributed by atoms with Gasteiger partial charge in [-0.3, -0.25) is 4.90 Å². The normalized spacial score (nSPS) is 26.6. The summed E-state index contributed by atoms with van der Waals surface area (Å²) in [5, 5.41) is 0.643. The van der Waals surface area contributed by atoms with Crippen molar-refractivity contribution in [2.24, 2.45) is 11.7 Å². The van der Waals surface area contributed by atoms with Gasteiger partial charge in [-0.05, 0) is 43.6 Å². The Bertz CT molecular complexity index is 495. The first-order valence-corrected chi connectivity index (χ1v) is 7.56. The Labute approximate surface area is 124 Å². The molecule has 0 radical (unpaired) electrons. The van der Waals surface area contributed by atoms with Crippen molar-refractivity contribution >= 4 is 11.6 Å². The molecule has 0 aliphatic carbocycles. The Morgan fingerprint density at radius 2 is 2.15 bits per heavy atom. The van der Waals surface area contributed by atoms with Crippen molar-refractivity contribution in [3.8, 4) is 11.5 Å². The van der Waals surface area contributed by atoms with E-state index in [1.54, 1.807) is 0 Å². The van der Waals surface area contributed by atoms with Crippen LogP contribution in [0.4, 0.5) is 0 Å². The summed E-state index contributed by atoms with van der Waals surface area (Å²) in [5.41, 5.74) is 6.99. The second-order valence-corrected chi connectivity index (χ2v) is 6.08. The first-order chi connectivity index (χ1) is 9.69. The van der Waals surface area contributed by atoms with Gasteiger partial charge in [-0.2, -0.15) is 0 Å². The van der Waals surface area contributed by atoms with E-state index in [-0.39, 0.29) is 0 Å².